The summed E-state index contributed by atoms with van der Waals surface area (Å²) in [6, 6.07) is 17.9. The first-order valence-corrected chi connectivity index (χ1v) is 7.68. The molecule has 2 aromatic carbocycles. The van der Waals surface area contributed by atoms with E-state index in [0.717, 1.165) is 36.6 Å². The van der Waals surface area contributed by atoms with Crippen LogP contribution in [0.4, 0.5) is 11.4 Å². The van der Waals surface area contributed by atoms with Gasteiger partial charge in [0.2, 0.25) is 0 Å². The number of rotatable bonds is 3. The van der Waals surface area contributed by atoms with Gasteiger partial charge in [0.05, 0.1) is 0 Å². The number of anilines is 2. The Morgan fingerprint density at radius 2 is 1.91 bits per heavy atom. The quantitative estimate of drug-likeness (QED) is 0.915. The lowest BCUT2D eigenvalue weighted by molar-refractivity contribution is 0.0656. The Bertz CT molecular complexity index is 642. The Kier molecular flexibility index (Phi) is 4.39. The molecule has 22 heavy (non-hydrogen) atoms. The SMILES string of the molecule is C[C@H]1CNCCN1C(=O)c1cccc(Nc2ccccc2)c1. The highest BCUT2D eigenvalue weighted by atomic mass is 16.2. The summed E-state index contributed by atoms with van der Waals surface area (Å²) in [6.45, 7) is 4.55. The molecule has 2 aromatic rings. The Balaban J connectivity index is 1.77. The van der Waals surface area contributed by atoms with Gasteiger partial charge in [-0.2, -0.15) is 0 Å². The maximum atomic E-state index is 12.7. The predicted octanol–water partition coefficient (Wildman–Crippen LogP) is 2.86. The molecule has 2 N–H and O–H groups in total. The van der Waals surface area contributed by atoms with Crippen molar-refractivity contribution >= 4 is 17.3 Å². The molecule has 0 saturated carbocycles. The van der Waals surface area contributed by atoms with Crippen LogP contribution in [0.3, 0.4) is 0 Å². The van der Waals surface area contributed by atoms with E-state index in [4.69, 9.17) is 0 Å². The smallest absolute Gasteiger partial charge is 0.254 e. The molecule has 1 heterocycles. The van der Waals surface area contributed by atoms with E-state index < -0.39 is 0 Å². The second-order valence-corrected chi connectivity index (χ2v) is 5.62. The molecule has 4 nitrogen and oxygen atoms in total. The molecule has 4 heteroatoms. The fourth-order valence-corrected chi connectivity index (χ4v) is 2.73. The monoisotopic (exact) mass is 295 g/mol. The Morgan fingerprint density at radius 3 is 2.68 bits per heavy atom. The summed E-state index contributed by atoms with van der Waals surface area (Å²) in [5.74, 6) is 0.103. The number of piperazine rings is 1. The van der Waals surface area contributed by atoms with Crippen molar-refractivity contribution in [2.75, 3.05) is 25.0 Å². The van der Waals surface area contributed by atoms with Gasteiger partial charge in [-0.05, 0) is 37.3 Å². The van der Waals surface area contributed by atoms with Gasteiger partial charge in [-0.1, -0.05) is 24.3 Å². The fourth-order valence-electron chi connectivity index (χ4n) is 2.73. The average Bonchev–Trinajstić information content (AvgIpc) is 2.56. The zero-order chi connectivity index (χ0) is 15.4. The molecule has 1 atom stereocenters. The molecule has 1 aliphatic heterocycles. The van der Waals surface area contributed by atoms with Crippen LogP contribution < -0.4 is 10.6 Å². The van der Waals surface area contributed by atoms with Crippen molar-refractivity contribution in [2.45, 2.75) is 13.0 Å². The third-order valence-electron chi connectivity index (χ3n) is 3.93. The topological polar surface area (TPSA) is 44.4 Å². The lowest BCUT2D eigenvalue weighted by atomic mass is 10.1. The normalized spacial score (nSPS) is 18.0. The molecule has 0 bridgehead atoms. The number of carbonyl (C=O) groups excluding carboxylic acids is 1. The maximum Gasteiger partial charge on any atom is 0.254 e. The van der Waals surface area contributed by atoms with E-state index in [-0.39, 0.29) is 11.9 Å². The van der Waals surface area contributed by atoms with Crippen LogP contribution in [0.5, 0.6) is 0 Å². The molecular formula is C18H21N3O. The highest BCUT2D eigenvalue weighted by molar-refractivity contribution is 5.95. The third kappa shape index (κ3) is 3.28. The summed E-state index contributed by atoms with van der Waals surface area (Å²) in [6.07, 6.45) is 0. The molecule has 1 saturated heterocycles. The van der Waals surface area contributed by atoms with Crippen LogP contribution in [0.25, 0.3) is 0 Å². The second kappa shape index (κ2) is 6.62. The van der Waals surface area contributed by atoms with E-state index in [9.17, 15) is 4.79 Å². The molecule has 3 rings (SSSR count). The summed E-state index contributed by atoms with van der Waals surface area (Å²) in [4.78, 5) is 14.6. The number of amides is 1. The molecule has 0 spiro atoms. The Hall–Kier alpha value is -2.33. The lowest BCUT2D eigenvalue weighted by Crippen LogP contribution is -2.52. The molecular weight excluding hydrogens is 274 g/mol. The zero-order valence-electron chi connectivity index (χ0n) is 12.8. The fraction of sp³-hybridized carbons (Fsp3) is 0.278. The van der Waals surface area contributed by atoms with Gasteiger partial charge in [-0.3, -0.25) is 4.79 Å². The van der Waals surface area contributed by atoms with E-state index in [2.05, 4.69) is 17.6 Å². The first kappa shape index (κ1) is 14.6. The number of benzene rings is 2. The summed E-state index contributed by atoms with van der Waals surface area (Å²) >= 11 is 0. The molecule has 0 aliphatic carbocycles. The average molecular weight is 295 g/mol. The van der Waals surface area contributed by atoms with Gasteiger partial charge in [-0.15, -0.1) is 0 Å². The molecule has 0 aromatic heterocycles. The number of nitrogens with one attached hydrogen (secondary N) is 2. The van der Waals surface area contributed by atoms with Gasteiger partial charge in [0.1, 0.15) is 0 Å². The van der Waals surface area contributed by atoms with Crippen molar-refractivity contribution in [3.8, 4) is 0 Å². The van der Waals surface area contributed by atoms with Gasteiger partial charge < -0.3 is 15.5 Å². The number of para-hydroxylation sites is 1. The number of hydrogen-bond acceptors (Lipinski definition) is 3. The molecule has 1 fully saturated rings. The van der Waals surface area contributed by atoms with E-state index in [1.54, 1.807) is 0 Å². The van der Waals surface area contributed by atoms with E-state index in [0.29, 0.717) is 0 Å². The summed E-state index contributed by atoms with van der Waals surface area (Å²) in [7, 11) is 0. The van der Waals surface area contributed by atoms with Gasteiger partial charge in [0.15, 0.2) is 0 Å². The second-order valence-electron chi connectivity index (χ2n) is 5.62. The summed E-state index contributed by atoms with van der Waals surface area (Å²) < 4.78 is 0. The molecule has 0 radical (unpaired) electrons. The van der Waals surface area contributed by atoms with E-state index in [1.165, 1.54) is 0 Å². The highest BCUT2D eigenvalue weighted by Crippen LogP contribution is 2.19. The Labute approximate surface area is 131 Å². The minimum atomic E-state index is 0.103. The van der Waals surface area contributed by atoms with Crippen LogP contribution in [0.15, 0.2) is 54.6 Å². The van der Waals surface area contributed by atoms with Crippen molar-refractivity contribution in [2.24, 2.45) is 0 Å². The first-order valence-electron chi connectivity index (χ1n) is 7.68. The molecule has 0 unspecified atom stereocenters. The van der Waals surface area contributed by atoms with E-state index in [1.807, 2.05) is 59.5 Å². The number of hydrogen-bond donors (Lipinski definition) is 2. The summed E-state index contributed by atoms with van der Waals surface area (Å²) in [5.41, 5.74) is 2.68. The van der Waals surface area contributed by atoms with Gasteiger partial charge >= 0.3 is 0 Å². The van der Waals surface area contributed by atoms with Crippen LogP contribution >= 0.6 is 0 Å². The van der Waals surface area contributed by atoms with Crippen LogP contribution in [0, 0.1) is 0 Å². The van der Waals surface area contributed by atoms with Gasteiger partial charge in [0.25, 0.3) is 5.91 Å². The molecule has 114 valence electrons. The summed E-state index contributed by atoms with van der Waals surface area (Å²) in [5, 5.41) is 6.64. The first-order chi connectivity index (χ1) is 10.7. The minimum absolute atomic E-state index is 0.103. The third-order valence-corrected chi connectivity index (χ3v) is 3.93. The zero-order valence-corrected chi connectivity index (χ0v) is 12.8. The predicted molar refractivity (Wildman–Crippen MR) is 89.5 cm³/mol. The van der Waals surface area contributed by atoms with Crippen LogP contribution in [0.2, 0.25) is 0 Å². The van der Waals surface area contributed by atoms with Crippen molar-refractivity contribution in [3.05, 3.63) is 60.2 Å². The van der Waals surface area contributed by atoms with Crippen molar-refractivity contribution in [1.29, 1.82) is 0 Å². The number of nitrogens with zero attached hydrogens (tertiary/aromatic N) is 1. The maximum absolute atomic E-state index is 12.7. The molecule has 1 aliphatic rings. The number of carbonyl (C=O) groups is 1. The van der Waals surface area contributed by atoms with Gasteiger partial charge in [-0.25, -0.2) is 0 Å². The van der Waals surface area contributed by atoms with E-state index >= 15 is 0 Å². The highest BCUT2D eigenvalue weighted by Gasteiger charge is 2.23. The molecule has 1 amide bonds. The van der Waals surface area contributed by atoms with Crippen LogP contribution in [-0.2, 0) is 0 Å². The van der Waals surface area contributed by atoms with Crippen molar-refractivity contribution < 1.29 is 4.79 Å². The Morgan fingerprint density at radius 1 is 1.14 bits per heavy atom. The van der Waals surface area contributed by atoms with Crippen molar-refractivity contribution in [3.63, 3.8) is 0 Å². The largest absolute Gasteiger partial charge is 0.356 e. The minimum Gasteiger partial charge on any atom is -0.356 e. The van der Waals surface area contributed by atoms with Gasteiger partial charge in [0, 0.05) is 42.6 Å². The standard InChI is InChI=1S/C18H21N3O/c1-14-13-19-10-11-21(14)18(22)15-6-5-9-17(12-15)20-16-7-3-2-4-8-16/h2-9,12,14,19-20H,10-11,13H2,1H3/t14-/m0/s1. The van der Waals surface area contributed by atoms with Crippen molar-refractivity contribution in [1.82, 2.24) is 10.2 Å². The van der Waals surface area contributed by atoms with Crippen LogP contribution in [-0.4, -0.2) is 36.5 Å². The van der Waals surface area contributed by atoms with Crippen LogP contribution in [0.1, 0.15) is 17.3 Å². The lowest BCUT2D eigenvalue weighted by Gasteiger charge is -2.34.